The van der Waals surface area contributed by atoms with Gasteiger partial charge < -0.3 is 13.7 Å². The molecule has 0 unspecified atom stereocenters. The van der Waals surface area contributed by atoms with Gasteiger partial charge in [0.1, 0.15) is 22.3 Å². The monoisotopic (exact) mass is 677 g/mol. The Kier molecular flexibility index (Phi) is 6.55. The molecule has 0 atom stereocenters. The highest BCUT2D eigenvalue weighted by Gasteiger charge is 2.19. The number of benzene rings is 9. The third-order valence-electron chi connectivity index (χ3n) is 10.6. The highest BCUT2D eigenvalue weighted by Crippen LogP contribution is 2.43. The molecule has 3 nitrogen and oxygen atoms in total. The van der Waals surface area contributed by atoms with Gasteiger partial charge in [0.15, 0.2) is 0 Å². The lowest BCUT2D eigenvalue weighted by molar-refractivity contribution is 0.669. The van der Waals surface area contributed by atoms with Crippen molar-refractivity contribution in [1.82, 2.24) is 0 Å². The molecule has 0 spiro atoms. The van der Waals surface area contributed by atoms with Gasteiger partial charge in [-0.3, -0.25) is 0 Å². The van der Waals surface area contributed by atoms with Gasteiger partial charge in [-0.1, -0.05) is 127 Å². The Morgan fingerprint density at radius 3 is 1.83 bits per heavy atom. The van der Waals surface area contributed by atoms with Gasteiger partial charge in [0.2, 0.25) is 0 Å². The van der Waals surface area contributed by atoms with E-state index in [1.807, 2.05) is 12.1 Å². The van der Waals surface area contributed by atoms with E-state index in [2.05, 4.69) is 181 Å². The first kappa shape index (κ1) is 29.6. The SMILES string of the molecule is c1cc(-c2cccc3ccccc23)cc(N(c2ccc(-c3cccc4oc5c6ccccc6ccc5c34)cc2)c2ccc3c(c2)oc2ccccc23)c1. The molecule has 0 bridgehead atoms. The van der Waals surface area contributed by atoms with Crippen LogP contribution in [0.2, 0.25) is 0 Å². The Morgan fingerprint density at radius 2 is 0.943 bits per heavy atom. The standard InChI is InChI=1S/C50H31NO2/c1-3-15-39-32(10-1)12-8-18-40(39)35-13-7-14-37(30-35)51(38-27-29-44-43-17-5-6-20-46(43)52-48(44)31-38)36-25-22-34(23-26-36)41-19-9-21-47-49(41)45-28-24-33-11-2-4-16-42(33)50(45)53-47/h1-31H. The number of hydrogen-bond donors (Lipinski definition) is 0. The molecule has 0 aliphatic rings. The van der Waals surface area contributed by atoms with E-state index in [0.29, 0.717) is 0 Å². The van der Waals surface area contributed by atoms with Crippen LogP contribution in [0.25, 0.3) is 87.7 Å². The minimum atomic E-state index is 0.863. The second kappa shape index (κ2) is 11.7. The second-order valence-corrected chi connectivity index (χ2v) is 13.7. The summed E-state index contributed by atoms with van der Waals surface area (Å²) in [5, 5.41) is 9.27. The first-order valence-electron chi connectivity index (χ1n) is 18.0. The van der Waals surface area contributed by atoms with Crippen LogP contribution in [-0.4, -0.2) is 0 Å². The van der Waals surface area contributed by atoms with Crippen LogP contribution in [0.1, 0.15) is 0 Å². The molecular weight excluding hydrogens is 647 g/mol. The van der Waals surface area contributed by atoms with Gasteiger partial charge in [0.05, 0.1) is 0 Å². The number of hydrogen-bond acceptors (Lipinski definition) is 3. The van der Waals surface area contributed by atoms with Crippen molar-refractivity contribution in [3.63, 3.8) is 0 Å². The predicted molar refractivity (Wildman–Crippen MR) is 222 cm³/mol. The zero-order chi connectivity index (χ0) is 34.9. The Morgan fingerprint density at radius 1 is 0.321 bits per heavy atom. The van der Waals surface area contributed by atoms with Crippen LogP contribution in [0.15, 0.2) is 197 Å². The summed E-state index contributed by atoms with van der Waals surface area (Å²) in [7, 11) is 0. The number of furan rings is 2. The minimum Gasteiger partial charge on any atom is -0.456 e. The zero-order valence-corrected chi connectivity index (χ0v) is 28.7. The largest absolute Gasteiger partial charge is 0.456 e. The fourth-order valence-corrected chi connectivity index (χ4v) is 8.17. The molecule has 11 aromatic rings. The third kappa shape index (κ3) is 4.75. The molecule has 9 aromatic carbocycles. The van der Waals surface area contributed by atoms with Crippen molar-refractivity contribution in [2.75, 3.05) is 4.90 Å². The molecule has 0 saturated carbocycles. The summed E-state index contributed by atoms with van der Waals surface area (Å²) in [5.41, 5.74) is 11.4. The molecule has 3 heteroatoms. The van der Waals surface area contributed by atoms with E-state index in [9.17, 15) is 0 Å². The fourth-order valence-electron chi connectivity index (χ4n) is 8.17. The van der Waals surface area contributed by atoms with Crippen LogP contribution < -0.4 is 4.90 Å². The molecule has 0 aliphatic carbocycles. The van der Waals surface area contributed by atoms with E-state index < -0.39 is 0 Å². The zero-order valence-electron chi connectivity index (χ0n) is 28.7. The number of rotatable bonds is 5. The second-order valence-electron chi connectivity index (χ2n) is 13.7. The molecule has 53 heavy (non-hydrogen) atoms. The molecular formula is C50H31NO2. The molecule has 0 amide bonds. The first-order valence-corrected chi connectivity index (χ1v) is 18.0. The molecule has 2 aromatic heterocycles. The molecule has 248 valence electrons. The van der Waals surface area contributed by atoms with E-state index >= 15 is 0 Å². The normalized spacial score (nSPS) is 11.8. The number of para-hydroxylation sites is 1. The quantitative estimate of drug-likeness (QED) is 0.182. The lowest BCUT2D eigenvalue weighted by Gasteiger charge is -2.26. The van der Waals surface area contributed by atoms with E-state index in [4.69, 9.17) is 8.83 Å². The van der Waals surface area contributed by atoms with Gasteiger partial charge in [0, 0.05) is 50.1 Å². The summed E-state index contributed by atoms with van der Waals surface area (Å²) in [4.78, 5) is 2.32. The average molecular weight is 678 g/mol. The molecule has 0 N–H and O–H groups in total. The molecule has 0 fully saturated rings. The topological polar surface area (TPSA) is 29.5 Å². The summed E-state index contributed by atoms with van der Waals surface area (Å²) in [6.45, 7) is 0. The molecule has 0 aliphatic heterocycles. The average Bonchev–Trinajstić information content (AvgIpc) is 3.80. The van der Waals surface area contributed by atoms with Crippen molar-refractivity contribution in [2.45, 2.75) is 0 Å². The Hall–Kier alpha value is -7.10. The van der Waals surface area contributed by atoms with Crippen molar-refractivity contribution in [3.05, 3.63) is 188 Å². The summed E-state index contributed by atoms with van der Waals surface area (Å²) < 4.78 is 12.9. The third-order valence-corrected chi connectivity index (χ3v) is 10.6. The number of nitrogens with zero attached hydrogens (tertiary/aromatic N) is 1. The lowest BCUT2D eigenvalue weighted by atomic mass is 9.97. The van der Waals surface area contributed by atoms with Crippen LogP contribution >= 0.6 is 0 Å². The minimum absolute atomic E-state index is 0.863. The van der Waals surface area contributed by atoms with Crippen molar-refractivity contribution < 1.29 is 8.83 Å². The maximum absolute atomic E-state index is 6.52. The first-order chi connectivity index (χ1) is 26.3. The van der Waals surface area contributed by atoms with Gasteiger partial charge in [-0.25, -0.2) is 0 Å². The van der Waals surface area contributed by atoms with Gasteiger partial charge in [-0.15, -0.1) is 0 Å². The van der Waals surface area contributed by atoms with Crippen LogP contribution in [0, 0.1) is 0 Å². The van der Waals surface area contributed by atoms with Crippen LogP contribution in [0.4, 0.5) is 17.1 Å². The highest BCUT2D eigenvalue weighted by atomic mass is 16.3. The Labute approximate surface area is 305 Å². The van der Waals surface area contributed by atoms with Crippen LogP contribution in [0.3, 0.4) is 0 Å². The van der Waals surface area contributed by atoms with Crippen molar-refractivity contribution in [3.8, 4) is 22.3 Å². The van der Waals surface area contributed by atoms with Crippen molar-refractivity contribution in [1.29, 1.82) is 0 Å². The van der Waals surface area contributed by atoms with Crippen LogP contribution in [0.5, 0.6) is 0 Å². The fraction of sp³-hybridized carbons (Fsp3) is 0. The number of fused-ring (bicyclic) bond motifs is 9. The molecule has 2 heterocycles. The maximum Gasteiger partial charge on any atom is 0.143 e. The molecule has 0 saturated heterocycles. The van der Waals surface area contributed by atoms with E-state index in [-0.39, 0.29) is 0 Å². The summed E-state index contributed by atoms with van der Waals surface area (Å²) >= 11 is 0. The van der Waals surface area contributed by atoms with Crippen LogP contribution in [-0.2, 0) is 0 Å². The van der Waals surface area contributed by atoms with Gasteiger partial charge in [-0.05, 0) is 93.0 Å². The van der Waals surface area contributed by atoms with Gasteiger partial charge in [0.25, 0.3) is 0 Å². The predicted octanol–water partition coefficient (Wildman–Crippen LogP) is 14.6. The Balaban J connectivity index is 1.07. The maximum atomic E-state index is 6.52. The van der Waals surface area contributed by atoms with Gasteiger partial charge >= 0.3 is 0 Å². The highest BCUT2D eigenvalue weighted by molar-refractivity contribution is 6.19. The molecule has 11 rings (SSSR count). The summed E-state index contributed by atoms with van der Waals surface area (Å²) in [5.74, 6) is 0. The summed E-state index contributed by atoms with van der Waals surface area (Å²) in [6.07, 6.45) is 0. The Bertz CT molecular complexity index is 3180. The smallest absolute Gasteiger partial charge is 0.143 e. The molecule has 0 radical (unpaired) electrons. The summed E-state index contributed by atoms with van der Waals surface area (Å²) in [6, 6.07) is 66.8. The lowest BCUT2D eigenvalue weighted by Crippen LogP contribution is -2.10. The van der Waals surface area contributed by atoms with E-state index in [1.165, 1.54) is 21.7 Å². The van der Waals surface area contributed by atoms with E-state index in [0.717, 1.165) is 83.0 Å². The van der Waals surface area contributed by atoms with Crippen molar-refractivity contribution in [2.24, 2.45) is 0 Å². The number of anilines is 3. The van der Waals surface area contributed by atoms with Gasteiger partial charge in [-0.2, -0.15) is 0 Å². The van der Waals surface area contributed by atoms with Crippen molar-refractivity contribution >= 4 is 82.5 Å². The van der Waals surface area contributed by atoms with E-state index in [1.54, 1.807) is 0 Å².